The summed E-state index contributed by atoms with van der Waals surface area (Å²) in [6.45, 7) is 0. The number of nitrogens with two attached hydrogens (primary N) is 1. The number of amides is 3. The van der Waals surface area contributed by atoms with E-state index in [0.29, 0.717) is 17.8 Å². The number of rotatable bonds is 6. The van der Waals surface area contributed by atoms with Gasteiger partial charge in [-0.05, 0) is 48.7 Å². The van der Waals surface area contributed by atoms with Crippen LogP contribution in [0.1, 0.15) is 18.4 Å². The molecule has 0 unspecified atom stereocenters. The number of aryl methyl sites for hydroxylation is 1. The standard InChI is InChI=1S/C19H20N4O2/c20-19(25)23-15-10-8-14(9-11-15)22-18(24)7-3-4-13-12-21-17-6-2-1-5-16(13)17/h1-2,5-6,8-12,21H,3-4,7H2,(H,22,24)(H3,20,23,25). The summed E-state index contributed by atoms with van der Waals surface area (Å²) < 4.78 is 0. The highest BCUT2D eigenvalue weighted by molar-refractivity contribution is 5.92. The molecule has 0 atom stereocenters. The monoisotopic (exact) mass is 336 g/mol. The molecule has 3 amide bonds. The van der Waals surface area contributed by atoms with E-state index < -0.39 is 6.03 Å². The van der Waals surface area contributed by atoms with Gasteiger partial charge in [-0.1, -0.05) is 18.2 Å². The van der Waals surface area contributed by atoms with Gasteiger partial charge in [-0.15, -0.1) is 0 Å². The van der Waals surface area contributed by atoms with Gasteiger partial charge in [-0.2, -0.15) is 0 Å². The lowest BCUT2D eigenvalue weighted by molar-refractivity contribution is -0.116. The minimum atomic E-state index is -0.617. The third-order valence-corrected chi connectivity index (χ3v) is 3.96. The second-order valence-electron chi connectivity index (χ2n) is 5.83. The van der Waals surface area contributed by atoms with E-state index in [1.165, 1.54) is 10.9 Å². The van der Waals surface area contributed by atoms with Crippen LogP contribution in [0, 0.1) is 0 Å². The van der Waals surface area contributed by atoms with Gasteiger partial charge in [0.25, 0.3) is 0 Å². The molecule has 0 saturated heterocycles. The molecule has 0 aliphatic heterocycles. The van der Waals surface area contributed by atoms with Gasteiger partial charge in [0.15, 0.2) is 0 Å². The molecule has 0 saturated carbocycles. The number of hydrogen-bond acceptors (Lipinski definition) is 2. The first-order valence-electron chi connectivity index (χ1n) is 8.13. The molecule has 6 nitrogen and oxygen atoms in total. The normalized spacial score (nSPS) is 10.6. The number of H-pyrrole nitrogens is 1. The van der Waals surface area contributed by atoms with Crippen LogP contribution in [0.4, 0.5) is 16.2 Å². The Bertz CT molecular complexity index is 884. The van der Waals surface area contributed by atoms with Crippen LogP contribution in [-0.4, -0.2) is 16.9 Å². The molecule has 1 heterocycles. The number of anilines is 2. The zero-order chi connectivity index (χ0) is 17.6. The maximum Gasteiger partial charge on any atom is 0.316 e. The van der Waals surface area contributed by atoms with Gasteiger partial charge in [-0.3, -0.25) is 4.79 Å². The Labute approximate surface area is 145 Å². The maximum atomic E-state index is 12.1. The number of fused-ring (bicyclic) bond motifs is 1. The molecule has 2 aromatic carbocycles. The van der Waals surface area contributed by atoms with Crippen LogP contribution in [0.3, 0.4) is 0 Å². The molecule has 25 heavy (non-hydrogen) atoms. The minimum Gasteiger partial charge on any atom is -0.361 e. The van der Waals surface area contributed by atoms with Crippen molar-refractivity contribution in [3.05, 3.63) is 60.3 Å². The quantitative estimate of drug-likeness (QED) is 0.553. The Morgan fingerprint density at radius 2 is 1.64 bits per heavy atom. The van der Waals surface area contributed by atoms with Gasteiger partial charge in [0.2, 0.25) is 5.91 Å². The number of carbonyl (C=O) groups is 2. The fourth-order valence-corrected chi connectivity index (χ4v) is 2.78. The highest BCUT2D eigenvalue weighted by Gasteiger charge is 2.06. The van der Waals surface area contributed by atoms with E-state index in [2.05, 4.69) is 21.7 Å². The fraction of sp³-hybridized carbons (Fsp3) is 0.158. The summed E-state index contributed by atoms with van der Waals surface area (Å²) in [6.07, 6.45) is 4.07. The number of para-hydroxylation sites is 1. The van der Waals surface area contributed by atoms with Gasteiger partial charge in [0.1, 0.15) is 0 Å². The molecule has 0 aliphatic rings. The predicted octanol–water partition coefficient (Wildman–Crippen LogP) is 3.62. The highest BCUT2D eigenvalue weighted by atomic mass is 16.2. The molecular formula is C19H20N4O2. The molecule has 5 N–H and O–H groups in total. The lowest BCUT2D eigenvalue weighted by Gasteiger charge is -2.07. The van der Waals surface area contributed by atoms with Crippen LogP contribution in [0.25, 0.3) is 10.9 Å². The van der Waals surface area contributed by atoms with Gasteiger partial charge >= 0.3 is 6.03 Å². The average Bonchev–Trinajstić information content (AvgIpc) is 3.00. The molecule has 0 bridgehead atoms. The smallest absolute Gasteiger partial charge is 0.316 e. The molecular weight excluding hydrogens is 316 g/mol. The van der Waals surface area contributed by atoms with Crippen LogP contribution in [0.2, 0.25) is 0 Å². The number of benzene rings is 2. The Hall–Kier alpha value is -3.28. The number of urea groups is 1. The van der Waals surface area contributed by atoms with Crippen LogP contribution in [-0.2, 0) is 11.2 Å². The van der Waals surface area contributed by atoms with Crippen LogP contribution in [0.15, 0.2) is 54.7 Å². The summed E-state index contributed by atoms with van der Waals surface area (Å²) in [5.41, 5.74) is 8.67. The van der Waals surface area contributed by atoms with Crippen molar-refractivity contribution in [3.8, 4) is 0 Å². The van der Waals surface area contributed by atoms with Crippen molar-refractivity contribution in [2.45, 2.75) is 19.3 Å². The largest absolute Gasteiger partial charge is 0.361 e. The Kier molecular flexibility index (Phi) is 4.99. The molecule has 1 aromatic heterocycles. The Morgan fingerprint density at radius 1 is 0.960 bits per heavy atom. The zero-order valence-corrected chi connectivity index (χ0v) is 13.7. The molecule has 0 spiro atoms. The second kappa shape index (κ2) is 7.53. The number of carbonyl (C=O) groups excluding carboxylic acids is 2. The van der Waals surface area contributed by atoms with Crippen molar-refractivity contribution in [1.29, 1.82) is 0 Å². The molecule has 3 aromatic rings. The number of aromatic amines is 1. The van der Waals surface area contributed by atoms with E-state index in [-0.39, 0.29) is 5.91 Å². The van der Waals surface area contributed by atoms with E-state index in [9.17, 15) is 9.59 Å². The lowest BCUT2D eigenvalue weighted by atomic mass is 10.1. The third kappa shape index (κ3) is 4.38. The van der Waals surface area contributed by atoms with Crippen molar-refractivity contribution in [3.63, 3.8) is 0 Å². The highest BCUT2D eigenvalue weighted by Crippen LogP contribution is 2.20. The van der Waals surface area contributed by atoms with E-state index in [1.807, 2.05) is 24.4 Å². The summed E-state index contributed by atoms with van der Waals surface area (Å²) in [7, 11) is 0. The van der Waals surface area contributed by atoms with Crippen LogP contribution in [0.5, 0.6) is 0 Å². The van der Waals surface area contributed by atoms with Crippen molar-refractivity contribution in [1.82, 2.24) is 4.98 Å². The molecule has 0 radical (unpaired) electrons. The van der Waals surface area contributed by atoms with Gasteiger partial charge in [0.05, 0.1) is 0 Å². The van der Waals surface area contributed by atoms with E-state index in [4.69, 9.17) is 5.73 Å². The van der Waals surface area contributed by atoms with Crippen molar-refractivity contribution in [2.24, 2.45) is 5.73 Å². The van der Waals surface area contributed by atoms with Gasteiger partial charge in [-0.25, -0.2) is 4.79 Å². The maximum absolute atomic E-state index is 12.1. The first kappa shape index (κ1) is 16.6. The first-order valence-corrected chi connectivity index (χ1v) is 8.13. The molecule has 0 fully saturated rings. The van der Waals surface area contributed by atoms with Crippen molar-refractivity contribution >= 4 is 34.2 Å². The van der Waals surface area contributed by atoms with Gasteiger partial charge < -0.3 is 21.4 Å². The first-order chi connectivity index (χ1) is 12.1. The second-order valence-corrected chi connectivity index (χ2v) is 5.83. The van der Waals surface area contributed by atoms with E-state index >= 15 is 0 Å². The number of hydrogen-bond donors (Lipinski definition) is 4. The Balaban J connectivity index is 1.49. The third-order valence-electron chi connectivity index (χ3n) is 3.96. The van der Waals surface area contributed by atoms with Crippen LogP contribution >= 0.6 is 0 Å². The Morgan fingerprint density at radius 3 is 2.36 bits per heavy atom. The number of primary amides is 1. The fourth-order valence-electron chi connectivity index (χ4n) is 2.78. The summed E-state index contributed by atoms with van der Waals surface area (Å²) in [5, 5.41) is 6.53. The summed E-state index contributed by atoms with van der Waals surface area (Å²) in [4.78, 5) is 26.1. The van der Waals surface area contributed by atoms with E-state index in [0.717, 1.165) is 18.4 Å². The number of nitrogens with one attached hydrogen (secondary N) is 3. The lowest BCUT2D eigenvalue weighted by Crippen LogP contribution is -2.19. The summed E-state index contributed by atoms with van der Waals surface area (Å²) in [6, 6.07) is 14.4. The summed E-state index contributed by atoms with van der Waals surface area (Å²) >= 11 is 0. The molecule has 3 rings (SSSR count). The van der Waals surface area contributed by atoms with Crippen molar-refractivity contribution < 1.29 is 9.59 Å². The molecule has 0 aliphatic carbocycles. The zero-order valence-electron chi connectivity index (χ0n) is 13.7. The minimum absolute atomic E-state index is 0.0320. The SMILES string of the molecule is NC(=O)Nc1ccc(NC(=O)CCCc2c[nH]c3ccccc23)cc1. The van der Waals surface area contributed by atoms with Crippen LogP contribution < -0.4 is 16.4 Å². The molecule has 6 heteroatoms. The van der Waals surface area contributed by atoms with E-state index in [1.54, 1.807) is 24.3 Å². The summed E-state index contributed by atoms with van der Waals surface area (Å²) in [5.74, 6) is -0.0320. The van der Waals surface area contributed by atoms with Crippen molar-refractivity contribution in [2.75, 3.05) is 10.6 Å². The average molecular weight is 336 g/mol. The predicted molar refractivity (Wildman–Crippen MR) is 99.5 cm³/mol. The van der Waals surface area contributed by atoms with Gasteiger partial charge in [0, 0.05) is 34.9 Å². The topological polar surface area (TPSA) is 100 Å². The molecule has 128 valence electrons. The number of aromatic nitrogens is 1.